The van der Waals surface area contributed by atoms with Crippen LogP contribution in [0.3, 0.4) is 0 Å². The van der Waals surface area contributed by atoms with E-state index in [2.05, 4.69) is 5.32 Å². The first-order chi connectivity index (χ1) is 8.90. The summed E-state index contributed by atoms with van der Waals surface area (Å²) in [5.41, 5.74) is 0. The van der Waals surface area contributed by atoms with E-state index < -0.39 is 6.04 Å². The number of carbonyl (C=O) groups excluding carboxylic acids is 2. The highest BCUT2D eigenvalue weighted by molar-refractivity contribution is 5.90. The fourth-order valence-corrected chi connectivity index (χ4v) is 2.31. The molecule has 1 rings (SSSR count). The van der Waals surface area contributed by atoms with Gasteiger partial charge in [-0.25, -0.2) is 0 Å². The van der Waals surface area contributed by atoms with Gasteiger partial charge in [0.05, 0.1) is 6.10 Å². The molecule has 0 aliphatic carbocycles. The summed E-state index contributed by atoms with van der Waals surface area (Å²) >= 11 is 0. The molecule has 5 nitrogen and oxygen atoms in total. The topological polar surface area (TPSA) is 58.6 Å². The summed E-state index contributed by atoms with van der Waals surface area (Å²) in [6, 6.07) is -0.495. The van der Waals surface area contributed by atoms with Crippen LogP contribution in [0.4, 0.5) is 0 Å². The van der Waals surface area contributed by atoms with Crippen LogP contribution in [0.2, 0.25) is 0 Å². The van der Waals surface area contributed by atoms with Gasteiger partial charge in [0.1, 0.15) is 6.04 Å². The number of ether oxygens (including phenoxy) is 1. The summed E-state index contributed by atoms with van der Waals surface area (Å²) in [6.07, 6.45) is 1.19. The summed E-state index contributed by atoms with van der Waals surface area (Å²) < 4.78 is 5.24. The van der Waals surface area contributed by atoms with Gasteiger partial charge < -0.3 is 15.0 Å². The summed E-state index contributed by atoms with van der Waals surface area (Å²) in [5.74, 6) is 0.109. The standard InChI is InChI=1S/C14H26N2O3/c1-6-9(2)13-14(18)16(8-11(4)19-5)10(3)7-12(17)15-13/h9-11,13H,6-8H2,1-5H3,(H,15,17). The Morgan fingerprint density at radius 3 is 2.58 bits per heavy atom. The van der Waals surface area contributed by atoms with Crippen molar-refractivity contribution < 1.29 is 14.3 Å². The van der Waals surface area contributed by atoms with Gasteiger partial charge in [-0.3, -0.25) is 9.59 Å². The molecule has 1 heterocycles. The van der Waals surface area contributed by atoms with Crippen LogP contribution in [0.1, 0.15) is 40.5 Å². The number of carbonyl (C=O) groups is 2. The number of nitrogens with zero attached hydrogens (tertiary/aromatic N) is 1. The number of rotatable bonds is 5. The maximum absolute atomic E-state index is 12.6. The van der Waals surface area contributed by atoms with Crippen molar-refractivity contribution in [1.82, 2.24) is 10.2 Å². The molecule has 0 aromatic carbocycles. The molecule has 1 fully saturated rings. The highest BCUT2D eigenvalue weighted by atomic mass is 16.5. The Hall–Kier alpha value is -1.10. The first kappa shape index (κ1) is 16.0. The van der Waals surface area contributed by atoms with Crippen molar-refractivity contribution >= 4 is 11.8 Å². The molecule has 1 aliphatic heterocycles. The van der Waals surface area contributed by atoms with Gasteiger partial charge in [0, 0.05) is 26.1 Å². The molecule has 0 bridgehead atoms. The molecular weight excluding hydrogens is 244 g/mol. The van der Waals surface area contributed by atoms with E-state index in [0.29, 0.717) is 13.0 Å². The van der Waals surface area contributed by atoms with E-state index in [4.69, 9.17) is 4.74 Å². The van der Waals surface area contributed by atoms with Crippen LogP contribution in [0.15, 0.2) is 0 Å². The molecule has 5 heteroatoms. The Kier molecular flexibility index (Phi) is 5.79. The molecule has 0 aromatic heterocycles. The summed E-state index contributed by atoms with van der Waals surface area (Å²) in [7, 11) is 1.63. The van der Waals surface area contributed by atoms with E-state index in [9.17, 15) is 9.59 Å². The van der Waals surface area contributed by atoms with Crippen LogP contribution in [-0.2, 0) is 14.3 Å². The Bertz CT molecular complexity index is 333. The zero-order valence-electron chi connectivity index (χ0n) is 12.6. The third-order valence-corrected chi connectivity index (χ3v) is 3.95. The van der Waals surface area contributed by atoms with Crippen molar-refractivity contribution in [2.75, 3.05) is 13.7 Å². The molecule has 4 atom stereocenters. The van der Waals surface area contributed by atoms with E-state index in [0.717, 1.165) is 6.42 Å². The molecule has 1 aliphatic rings. The van der Waals surface area contributed by atoms with E-state index in [1.165, 1.54) is 0 Å². The zero-order chi connectivity index (χ0) is 14.6. The molecule has 1 saturated heterocycles. The average molecular weight is 270 g/mol. The van der Waals surface area contributed by atoms with Crippen LogP contribution in [0.5, 0.6) is 0 Å². The fourth-order valence-electron chi connectivity index (χ4n) is 2.31. The highest BCUT2D eigenvalue weighted by Crippen LogP contribution is 2.18. The lowest BCUT2D eigenvalue weighted by molar-refractivity contribution is -0.137. The largest absolute Gasteiger partial charge is 0.380 e. The van der Waals surface area contributed by atoms with Crippen molar-refractivity contribution in [3.05, 3.63) is 0 Å². The number of nitrogens with one attached hydrogen (secondary N) is 1. The van der Waals surface area contributed by atoms with Crippen molar-refractivity contribution in [3.63, 3.8) is 0 Å². The number of amides is 2. The summed E-state index contributed by atoms with van der Waals surface area (Å²) in [4.78, 5) is 26.2. The molecule has 0 radical (unpaired) electrons. The molecule has 19 heavy (non-hydrogen) atoms. The van der Waals surface area contributed by atoms with E-state index >= 15 is 0 Å². The predicted molar refractivity (Wildman–Crippen MR) is 73.6 cm³/mol. The van der Waals surface area contributed by atoms with Gasteiger partial charge in [-0.15, -0.1) is 0 Å². The number of methoxy groups -OCH3 is 1. The van der Waals surface area contributed by atoms with Crippen LogP contribution in [-0.4, -0.2) is 48.6 Å². The van der Waals surface area contributed by atoms with Gasteiger partial charge in [-0.2, -0.15) is 0 Å². The minimum Gasteiger partial charge on any atom is -0.380 e. The lowest BCUT2D eigenvalue weighted by Gasteiger charge is -2.32. The maximum Gasteiger partial charge on any atom is 0.245 e. The van der Waals surface area contributed by atoms with Crippen molar-refractivity contribution in [3.8, 4) is 0 Å². The van der Waals surface area contributed by atoms with Gasteiger partial charge in [0.15, 0.2) is 0 Å². The number of hydrogen-bond acceptors (Lipinski definition) is 3. The van der Waals surface area contributed by atoms with Crippen LogP contribution < -0.4 is 5.32 Å². The third-order valence-electron chi connectivity index (χ3n) is 3.95. The second kappa shape index (κ2) is 6.89. The Labute approximate surface area is 115 Å². The first-order valence-corrected chi connectivity index (χ1v) is 7.03. The van der Waals surface area contributed by atoms with Crippen molar-refractivity contribution in [2.45, 2.75) is 58.7 Å². The smallest absolute Gasteiger partial charge is 0.245 e. The van der Waals surface area contributed by atoms with Gasteiger partial charge in [0.25, 0.3) is 0 Å². The highest BCUT2D eigenvalue weighted by Gasteiger charge is 2.36. The average Bonchev–Trinajstić information content (AvgIpc) is 2.48. The Balaban J connectivity index is 2.92. The van der Waals surface area contributed by atoms with Crippen LogP contribution in [0, 0.1) is 5.92 Å². The van der Waals surface area contributed by atoms with Gasteiger partial charge in [-0.05, 0) is 19.8 Å². The second-order valence-electron chi connectivity index (χ2n) is 5.52. The molecule has 1 N–H and O–H groups in total. The minimum absolute atomic E-state index is 0.0107. The second-order valence-corrected chi connectivity index (χ2v) is 5.52. The predicted octanol–water partition coefficient (Wildman–Crippen LogP) is 1.17. The molecule has 0 saturated carbocycles. The fraction of sp³-hybridized carbons (Fsp3) is 0.857. The summed E-state index contributed by atoms with van der Waals surface area (Å²) in [5, 5.41) is 2.86. The lowest BCUT2D eigenvalue weighted by Crippen LogP contribution is -2.51. The van der Waals surface area contributed by atoms with Gasteiger partial charge in [-0.1, -0.05) is 20.3 Å². The normalized spacial score (nSPS) is 27.7. The van der Waals surface area contributed by atoms with Crippen molar-refractivity contribution in [1.29, 1.82) is 0 Å². The zero-order valence-corrected chi connectivity index (χ0v) is 12.6. The molecule has 0 spiro atoms. The van der Waals surface area contributed by atoms with Crippen LogP contribution >= 0.6 is 0 Å². The van der Waals surface area contributed by atoms with E-state index in [1.807, 2.05) is 27.7 Å². The SMILES string of the molecule is CCC(C)C1NC(=O)CC(C)N(CC(C)OC)C1=O. The maximum atomic E-state index is 12.6. The van der Waals surface area contributed by atoms with Crippen molar-refractivity contribution in [2.24, 2.45) is 5.92 Å². The minimum atomic E-state index is -0.411. The summed E-state index contributed by atoms with van der Waals surface area (Å²) in [6.45, 7) is 8.40. The van der Waals surface area contributed by atoms with Gasteiger partial charge >= 0.3 is 0 Å². The molecule has 4 unspecified atom stereocenters. The third kappa shape index (κ3) is 3.93. The van der Waals surface area contributed by atoms with Crippen LogP contribution in [0.25, 0.3) is 0 Å². The molecule has 0 aromatic rings. The Morgan fingerprint density at radius 2 is 2.05 bits per heavy atom. The molecule has 110 valence electrons. The monoisotopic (exact) mass is 270 g/mol. The van der Waals surface area contributed by atoms with E-state index in [-0.39, 0.29) is 29.9 Å². The number of hydrogen-bond donors (Lipinski definition) is 1. The molecule has 2 amide bonds. The quantitative estimate of drug-likeness (QED) is 0.816. The van der Waals surface area contributed by atoms with Gasteiger partial charge in [0.2, 0.25) is 11.8 Å². The molecular formula is C14H26N2O3. The van der Waals surface area contributed by atoms with E-state index in [1.54, 1.807) is 12.0 Å². The Morgan fingerprint density at radius 1 is 1.42 bits per heavy atom. The first-order valence-electron chi connectivity index (χ1n) is 7.03. The lowest BCUT2D eigenvalue weighted by atomic mass is 9.98.